The summed E-state index contributed by atoms with van der Waals surface area (Å²) in [4.78, 5) is 21.6. The van der Waals surface area contributed by atoms with Gasteiger partial charge in [0.05, 0.1) is 5.69 Å². The third kappa shape index (κ3) is 3.87. The van der Waals surface area contributed by atoms with Crippen LogP contribution in [0.3, 0.4) is 0 Å². The number of carbonyl (C=O) groups excluding carboxylic acids is 1. The van der Waals surface area contributed by atoms with Crippen LogP contribution in [0.2, 0.25) is 0 Å². The summed E-state index contributed by atoms with van der Waals surface area (Å²) in [5, 5.41) is 5.98. The first kappa shape index (κ1) is 18.1. The van der Waals surface area contributed by atoms with Gasteiger partial charge in [-0.1, -0.05) is 44.2 Å². The number of carbonyl (C=O) groups is 1. The molecule has 0 bridgehead atoms. The molecule has 0 atom stereocenters. The average Bonchev–Trinajstić information content (AvgIpc) is 3.21. The van der Waals surface area contributed by atoms with Crippen LogP contribution in [0.4, 0.5) is 10.8 Å². The molecule has 0 radical (unpaired) electrons. The molecule has 140 valence electrons. The average molecular weight is 389 g/mol. The SMILES string of the molecule is CC(C)c1ccc(N=c2oc3ccccc3cc2C(=O)Nc2nccs2)cc1. The molecule has 4 aromatic rings. The molecule has 0 unspecified atom stereocenters. The zero-order valence-corrected chi connectivity index (χ0v) is 16.4. The van der Waals surface area contributed by atoms with E-state index in [0.717, 1.165) is 11.1 Å². The molecule has 0 saturated carbocycles. The fraction of sp³-hybridized carbons (Fsp3) is 0.136. The van der Waals surface area contributed by atoms with E-state index in [1.54, 1.807) is 12.3 Å². The zero-order chi connectivity index (χ0) is 19.5. The molecule has 0 aliphatic heterocycles. The lowest BCUT2D eigenvalue weighted by molar-refractivity contribution is 0.102. The van der Waals surface area contributed by atoms with Gasteiger partial charge in [0.2, 0.25) is 5.55 Å². The van der Waals surface area contributed by atoms with Crippen LogP contribution in [0.1, 0.15) is 35.7 Å². The van der Waals surface area contributed by atoms with Gasteiger partial charge in [-0.3, -0.25) is 10.1 Å². The van der Waals surface area contributed by atoms with Crippen LogP contribution < -0.4 is 10.9 Å². The van der Waals surface area contributed by atoms with E-state index in [0.29, 0.717) is 22.2 Å². The lowest BCUT2D eigenvalue weighted by Gasteiger charge is -2.06. The number of rotatable bonds is 4. The quantitative estimate of drug-likeness (QED) is 0.501. The molecule has 1 amide bonds. The first-order chi connectivity index (χ1) is 13.6. The molecular formula is C22H19N3O2S. The Morgan fingerprint density at radius 3 is 2.64 bits per heavy atom. The summed E-state index contributed by atoms with van der Waals surface area (Å²) < 4.78 is 5.97. The topological polar surface area (TPSA) is 67.5 Å². The Labute approximate surface area is 166 Å². The van der Waals surface area contributed by atoms with Crippen molar-refractivity contribution in [2.75, 3.05) is 5.32 Å². The summed E-state index contributed by atoms with van der Waals surface area (Å²) in [5.74, 6) is 0.140. The van der Waals surface area contributed by atoms with Crippen LogP contribution in [0, 0.1) is 0 Å². The molecule has 1 N–H and O–H groups in total. The van der Waals surface area contributed by atoms with Gasteiger partial charge in [0.25, 0.3) is 5.91 Å². The summed E-state index contributed by atoms with van der Waals surface area (Å²) in [7, 11) is 0. The fourth-order valence-electron chi connectivity index (χ4n) is 2.82. The number of fused-ring (bicyclic) bond motifs is 1. The minimum absolute atomic E-state index is 0.269. The molecule has 6 heteroatoms. The largest absolute Gasteiger partial charge is 0.438 e. The number of nitrogens with one attached hydrogen (secondary N) is 1. The Hall–Kier alpha value is -3.25. The van der Waals surface area contributed by atoms with E-state index in [4.69, 9.17) is 4.42 Å². The Kier molecular flexibility index (Phi) is 5.04. The van der Waals surface area contributed by atoms with Crippen molar-refractivity contribution in [3.63, 3.8) is 0 Å². The minimum atomic E-state index is -0.304. The molecule has 0 aliphatic carbocycles. The highest BCUT2D eigenvalue weighted by Crippen LogP contribution is 2.20. The maximum Gasteiger partial charge on any atom is 0.262 e. The molecule has 0 saturated heterocycles. The number of thiazole rings is 1. The molecule has 4 rings (SSSR count). The molecule has 2 aromatic heterocycles. The Balaban J connectivity index is 1.81. The lowest BCUT2D eigenvalue weighted by Crippen LogP contribution is -2.21. The fourth-order valence-corrected chi connectivity index (χ4v) is 3.34. The number of hydrogen-bond donors (Lipinski definition) is 1. The van der Waals surface area contributed by atoms with Crippen molar-refractivity contribution in [2.45, 2.75) is 19.8 Å². The second-order valence-corrected chi connectivity index (χ2v) is 7.55. The van der Waals surface area contributed by atoms with Gasteiger partial charge in [-0.15, -0.1) is 11.3 Å². The number of nitrogens with zero attached hydrogens (tertiary/aromatic N) is 2. The minimum Gasteiger partial charge on any atom is -0.438 e. The van der Waals surface area contributed by atoms with Gasteiger partial charge in [-0.25, -0.2) is 9.98 Å². The molecule has 2 aromatic carbocycles. The van der Waals surface area contributed by atoms with Crippen molar-refractivity contribution in [3.05, 3.63) is 82.9 Å². The van der Waals surface area contributed by atoms with Gasteiger partial charge in [0.15, 0.2) is 5.13 Å². The summed E-state index contributed by atoms with van der Waals surface area (Å²) in [5.41, 5.74) is 3.26. The number of para-hydroxylation sites is 1. The van der Waals surface area contributed by atoms with Gasteiger partial charge in [-0.05, 0) is 35.7 Å². The van der Waals surface area contributed by atoms with Gasteiger partial charge >= 0.3 is 0 Å². The number of anilines is 1. The lowest BCUT2D eigenvalue weighted by atomic mass is 10.0. The van der Waals surface area contributed by atoms with Crippen LogP contribution in [-0.2, 0) is 0 Å². The normalized spacial score (nSPS) is 11.9. The van der Waals surface area contributed by atoms with Crippen molar-refractivity contribution in [1.29, 1.82) is 0 Å². The van der Waals surface area contributed by atoms with Gasteiger partial charge in [0, 0.05) is 17.0 Å². The van der Waals surface area contributed by atoms with E-state index in [1.165, 1.54) is 16.9 Å². The van der Waals surface area contributed by atoms with Crippen molar-refractivity contribution in [2.24, 2.45) is 4.99 Å². The molecule has 0 spiro atoms. The Morgan fingerprint density at radius 1 is 1.14 bits per heavy atom. The van der Waals surface area contributed by atoms with Gasteiger partial charge < -0.3 is 4.42 Å². The van der Waals surface area contributed by atoms with E-state index >= 15 is 0 Å². The van der Waals surface area contributed by atoms with E-state index < -0.39 is 0 Å². The van der Waals surface area contributed by atoms with E-state index in [1.807, 2.05) is 53.9 Å². The number of hydrogen-bond acceptors (Lipinski definition) is 5. The maximum absolute atomic E-state index is 12.8. The van der Waals surface area contributed by atoms with Crippen molar-refractivity contribution in [3.8, 4) is 0 Å². The first-order valence-electron chi connectivity index (χ1n) is 8.98. The van der Waals surface area contributed by atoms with Gasteiger partial charge in [0.1, 0.15) is 11.1 Å². The number of aromatic nitrogens is 1. The standard InChI is InChI=1S/C22H19N3O2S/c1-14(2)15-7-9-17(10-8-15)24-21-18(20(26)25-22-23-11-12-28-22)13-16-5-3-4-6-19(16)27-21/h3-14H,1-2H3,(H,23,25,26). The third-order valence-electron chi connectivity index (χ3n) is 4.34. The predicted molar refractivity (Wildman–Crippen MR) is 112 cm³/mol. The Morgan fingerprint density at radius 2 is 1.93 bits per heavy atom. The second-order valence-electron chi connectivity index (χ2n) is 6.65. The maximum atomic E-state index is 12.8. The highest BCUT2D eigenvalue weighted by Gasteiger charge is 2.14. The molecule has 28 heavy (non-hydrogen) atoms. The summed E-state index contributed by atoms with van der Waals surface area (Å²) in [6, 6.07) is 17.3. The van der Waals surface area contributed by atoms with E-state index in [2.05, 4.69) is 29.1 Å². The van der Waals surface area contributed by atoms with Crippen LogP contribution in [0.5, 0.6) is 0 Å². The number of amides is 1. The first-order valence-corrected chi connectivity index (χ1v) is 9.86. The van der Waals surface area contributed by atoms with E-state index in [9.17, 15) is 4.79 Å². The highest BCUT2D eigenvalue weighted by atomic mass is 32.1. The number of benzene rings is 2. The van der Waals surface area contributed by atoms with Crippen molar-refractivity contribution >= 4 is 39.0 Å². The van der Waals surface area contributed by atoms with E-state index in [-0.39, 0.29) is 11.5 Å². The summed E-state index contributed by atoms with van der Waals surface area (Å²) in [6.45, 7) is 4.29. The Bertz CT molecular complexity index is 1180. The van der Waals surface area contributed by atoms with Gasteiger partial charge in [-0.2, -0.15) is 0 Å². The predicted octanol–water partition coefficient (Wildman–Crippen LogP) is 5.50. The van der Waals surface area contributed by atoms with Crippen LogP contribution in [0.25, 0.3) is 11.0 Å². The molecule has 5 nitrogen and oxygen atoms in total. The van der Waals surface area contributed by atoms with Crippen LogP contribution in [0.15, 0.2) is 75.6 Å². The second kappa shape index (κ2) is 7.78. The van der Waals surface area contributed by atoms with Crippen LogP contribution >= 0.6 is 11.3 Å². The highest BCUT2D eigenvalue weighted by molar-refractivity contribution is 7.13. The van der Waals surface area contributed by atoms with Crippen molar-refractivity contribution in [1.82, 2.24) is 4.98 Å². The van der Waals surface area contributed by atoms with Crippen LogP contribution in [-0.4, -0.2) is 10.9 Å². The van der Waals surface area contributed by atoms with Crippen molar-refractivity contribution < 1.29 is 9.21 Å². The smallest absolute Gasteiger partial charge is 0.262 e. The molecule has 2 heterocycles. The molecule has 0 fully saturated rings. The molecule has 0 aliphatic rings. The monoisotopic (exact) mass is 389 g/mol. The molecular weight excluding hydrogens is 370 g/mol. The third-order valence-corrected chi connectivity index (χ3v) is 5.03. The zero-order valence-electron chi connectivity index (χ0n) is 15.5. The summed E-state index contributed by atoms with van der Waals surface area (Å²) in [6.07, 6.45) is 1.65. The summed E-state index contributed by atoms with van der Waals surface area (Å²) >= 11 is 1.36.